The SMILES string of the molecule is C1=NCC[NH2+]1.[OH-]. The highest BCUT2D eigenvalue weighted by Gasteiger charge is 1.88. The summed E-state index contributed by atoms with van der Waals surface area (Å²) in [4.78, 5) is 3.90. The van der Waals surface area contributed by atoms with E-state index in [2.05, 4.69) is 10.3 Å². The molecule has 1 aliphatic rings. The second-order valence-electron chi connectivity index (χ2n) is 1.08. The molecule has 0 unspecified atom stereocenters. The van der Waals surface area contributed by atoms with Gasteiger partial charge in [-0.3, -0.25) is 0 Å². The zero-order chi connectivity index (χ0) is 3.54. The molecule has 0 saturated heterocycles. The van der Waals surface area contributed by atoms with Crippen molar-refractivity contribution < 1.29 is 10.8 Å². The lowest BCUT2D eigenvalue weighted by atomic mass is 10.7. The van der Waals surface area contributed by atoms with Gasteiger partial charge in [-0.2, -0.15) is 0 Å². The molecule has 0 spiro atoms. The van der Waals surface area contributed by atoms with Crippen LogP contribution in [0.25, 0.3) is 0 Å². The van der Waals surface area contributed by atoms with Crippen molar-refractivity contribution in [2.45, 2.75) is 0 Å². The fraction of sp³-hybridized carbons (Fsp3) is 0.667. The molecular weight excluding hydrogens is 80.0 g/mol. The molecule has 1 aliphatic heterocycles. The van der Waals surface area contributed by atoms with Crippen LogP contribution in [0.4, 0.5) is 0 Å². The van der Waals surface area contributed by atoms with Crippen LogP contribution in [0, 0.1) is 0 Å². The van der Waals surface area contributed by atoms with Crippen LogP contribution in [0.5, 0.6) is 0 Å². The maximum atomic E-state index is 3.90. The Labute approximate surface area is 36.4 Å². The molecule has 0 aliphatic carbocycles. The number of rotatable bonds is 0. The van der Waals surface area contributed by atoms with E-state index in [1.807, 2.05) is 6.34 Å². The fourth-order valence-corrected chi connectivity index (χ4v) is 0.373. The molecule has 0 aromatic heterocycles. The zero-order valence-electron chi connectivity index (χ0n) is 3.46. The lowest BCUT2D eigenvalue weighted by Gasteiger charge is -1.68. The first kappa shape index (κ1) is 5.59. The lowest BCUT2D eigenvalue weighted by molar-refractivity contribution is -0.518. The van der Waals surface area contributed by atoms with Gasteiger partial charge in [0.05, 0.1) is 6.54 Å². The summed E-state index contributed by atoms with van der Waals surface area (Å²) in [6.45, 7) is 2.17. The van der Waals surface area contributed by atoms with Crippen molar-refractivity contribution in [3.8, 4) is 0 Å². The first-order valence-corrected chi connectivity index (χ1v) is 1.82. The van der Waals surface area contributed by atoms with E-state index in [0.717, 1.165) is 13.1 Å². The van der Waals surface area contributed by atoms with Gasteiger partial charge in [-0.15, -0.1) is 0 Å². The van der Waals surface area contributed by atoms with Gasteiger partial charge < -0.3 is 10.8 Å². The Hall–Kier alpha value is -0.410. The summed E-state index contributed by atoms with van der Waals surface area (Å²) < 4.78 is 0. The standard InChI is InChI=1S/C3H6N2.H2O/c1-2-5-3-4-1;/h3H,1-2H2,(H,4,5);1H2. The molecule has 3 heteroatoms. The smallest absolute Gasteiger partial charge is 0.182 e. The minimum absolute atomic E-state index is 0. The summed E-state index contributed by atoms with van der Waals surface area (Å²) in [5, 5.41) is 2.07. The van der Waals surface area contributed by atoms with E-state index in [9.17, 15) is 0 Å². The molecule has 6 heavy (non-hydrogen) atoms. The second-order valence-corrected chi connectivity index (χ2v) is 1.08. The molecule has 0 aromatic rings. The van der Waals surface area contributed by atoms with Crippen molar-refractivity contribution in [2.24, 2.45) is 4.99 Å². The van der Waals surface area contributed by atoms with Gasteiger partial charge in [0.15, 0.2) is 6.34 Å². The molecular formula is C3H8N2O. The minimum atomic E-state index is 0. The van der Waals surface area contributed by atoms with Gasteiger partial charge in [0.1, 0.15) is 6.54 Å². The molecule has 0 bridgehead atoms. The Balaban J connectivity index is 0.000000250. The number of quaternary nitrogens is 1. The van der Waals surface area contributed by atoms with Crippen molar-refractivity contribution in [2.75, 3.05) is 13.1 Å². The van der Waals surface area contributed by atoms with Crippen LogP contribution in [0.15, 0.2) is 4.99 Å². The van der Waals surface area contributed by atoms with Crippen molar-refractivity contribution >= 4 is 6.34 Å². The minimum Gasteiger partial charge on any atom is -0.870 e. The van der Waals surface area contributed by atoms with Gasteiger partial charge in [0.25, 0.3) is 0 Å². The van der Waals surface area contributed by atoms with Gasteiger partial charge in [0, 0.05) is 0 Å². The van der Waals surface area contributed by atoms with E-state index < -0.39 is 0 Å². The largest absolute Gasteiger partial charge is 0.870 e. The quantitative estimate of drug-likeness (QED) is 0.381. The van der Waals surface area contributed by atoms with Crippen molar-refractivity contribution in [1.29, 1.82) is 0 Å². The number of nitrogens with two attached hydrogens (primary N) is 1. The van der Waals surface area contributed by atoms with E-state index in [4.69, 9.17) is 0 Å². The summed E-state index contributed by atoms with van der Waals surface area (Å²) in [5.74, 6) is 0. The van der Waals surface area contributed by atoms with Gasteiger partial charge in [-0.05, 0) is 0 Å². The van der Waals surface area contributed by atoms with Crippen LogP contribution in [0.3, 0.4) is 0 Å². The van der Waals surface area contributed by atoms with Crippen molar-refractivity contribution in [3.63, 3.8) is 0 Å². The van der Waals surface area contributed by atoms with Crippen LogP contribution in [-0.2, 0) is 0 Å². The third-order valence-corrected chi connectivity index (χ3v) is 0.636. The average Bonchev–Trinajstić information content (AvgIpc) is 1.76. The fourth-order valence-electron chi connectivity index (χ4n) is 0.373. The first-order valence-electron chi connectivity index (χ1n) is 1.82. The Morgan fingerprint density at radius 3 is 2.67 bits per heavy atom. The maximum absolute atomic E-state index is 3.90. The first-order chi connectivity index (χ1) is 2.50. The van der Waals surface area contributed by atoms with Crippen molar-refractivity contribution in [1.82, 2.24) is 0 Å². The van der Waals surface area contributed by atoms with Crippen molar-refractivity contribution in [3.05, 3.63) is 0 Å². The molecule has 1 heterocycles. The molecule has 36 valence electrons. The normalized spacial score (nSPS) is 17.3. The summed E-state index contributed by atoms with van der Waals surface area (Å²) in [7, 11) is 0. The Bertz CT molecular complexity index is 46.8. The van der Waals surface area contributed by atoms with Gasteiger partial charge in [-0.25, -0.2) is 4.99 Å². The topological polar surface area (TPSA) is 59.0 Å². The van der Waals surface area contributed by atoms with Gasteiger partial charge >= 0.3 is 0 Å². The third-order valence-electron chi connectivity index (χ3n) is 0.636. The zero-order valence-corrected chi connectivity index (χ0v) is 3.46. The highest BCUT2D eigenvalue weighted by Crippen LogP contribution is 1.59. The maximum Gasteiger partial charge on any atom is 0.182 e. The van der Waals surface area contributed by atoms with E-state index >= 15 is 0 Å². The molecule has 3 nitrogen and oxygen atoms in total. The van der Waals surface area contributed by atoms with Crippen LogP contribution >= 0.6 is 0 Å². The number of hydrogen-bond donors (Lipinski definition) is 1. The van der Waals surface area contributed by atoms with Gasteiger partial charge in [0.2, 0.25) is 0 Å². The molecule has 0 aromatic carbocycles. The predicted octanol–water partition coefficient (Wildman–Crippen LogP) is -1.59. The summed E-state index contributed by atoms with van der Waals surface area (Å²) in [6.07, 6.45) is 1.86. The van der Waals surface area contributed by atoms with Crippen LogP contribution in [0.2, 0.25) is 0 Å². The number of aliphatic imine (C=N–C) groups is 1. The summed E-state index contributed by atoms with van der Waals surface area (Å²) >= 11 is 0. The Morgan fingerprint density at radius 2 is 2.50 bits per heavy atom. The highest BCUT2D eigenvalue weighted by molar-refractivity contribution is 5.42. The number of hydrogen-bond acceptors (Lipinski definition) is 2. The highest BCUT2D eigenvalue weighted by atomic mass is 16.0. The van der Waals surface area contributed by atoms with Crippen LogP contribution in [-0.4, -0.2) is 24.9 Å². The molecule has 0 radical (unpaired) electrons. The molecule has 0 atom stereocenters. The Morgan fingerprint density at radius 1 is 1.67 bits per heavy atom. The third kappa shape index (κ3) is 1.14. The van der Waals surface area contributed by atoms with E-state index in [-0.39, 0.29) is 5.48 Å². The molecule has 0 fully saturated rings. The van der Waals surface area contributed by atoms with Crippen LogP contribution < -0.4 is 5.32 Å². The predicted molar refractivity (Wildman–Crippen MR) is 22.1 cm³/mol. The lowest BCUT2D eigenvalue weighted by Crippen LogP contribution is -2.80. The Kier molecular flexibility index (Phi) is 2.62. The monoisotopic (exact) mass is 88.1 g/mol. The van der Waals surface area contributed by atoms with E-state index in [1.165, 1.54) is 0 Å². The van der Waals surface area contributed by atoms with E-state index in [1.54, 1.807) is 0 Å². The molecule has 0 amide bonds. The molecule has 3 N–H and O–H groups in total. The van der Waals surface area contributed by atoms with Crippen LogP contribution in [0.1, 0.15) is 0 Å². The molecule has 1 rings (SSSR count). The summed E-state index contributed by atoms with van der Waals surface area (Å²) in [5.41, 5.74) is 0. The van der Waals surface area contributed by atoms with Gasteiger partial charge in [-0.1, -0.05) is 0 Å². The second kappa shape index (κ2) is 2.81. The summed E-state index contributed by atoms with van der Waals surface area (Å²) in [6, 6.07) is 0. The molecule has 0 saturated carbocycles. The van der Waals surface area contributed by atoms with E-state index in [0.29, 0.717) is 0 Å². The number of nitrogens with zero attached hydrogens (tertiary/aromatic N) is 1. The average molecular weight is 88.1 g/mol.